The number of hydrogen-bond acceptors (Lipinski definition) is 4. The maximum Gasteiger partial charge on any atom is 0.239 e. The van der Waals surface area contributed by atoms with E-state index in [0.717, 1.165) is 16.3 Å². The first-order valence-corrected chi connectivity index (χ1v) is 7.83. The van der Waals surface area contributed by atoms with Gasteiger partial charge < -0.3 is 10.6 Å². The van der Waals surface area contributed by atoms with Crippen molar-refractivity contribution < 1.29 is 4.79 Å². The van der Waals surface area contributed by atoms with E-state index in [4.69, 9.17) is 5.73 Å². The minimum Gasteiger partial charge on any atom is -0.339 e. The Labute approximate surface area is 129 Å². The van der Waals surface area contributed by atoms with Crippen LogP contribution in [0.5, 0.6) is 0 Å². The maximum atomic E-state index is 12.3. The van der Waals surface area contributed by atoms with Crippen molar-refractivity contribution in [3.63, 3.8) is 0 Å². The van der Waals surface area contributed by atoms with Crippen molar-refractivity contribution in [1.82, 2.24) is 9.88 Å². The molecule has 0 bridgehead atoms. The van der Waals surface area contributed by atoms with Gasteiger partial charge in [-0.1, -0.05) is 30.3 Å². The third kappa shape index (κ3) is 4.65. The molecule has 2 rings (SSSR count). The van der Waals surface area contributed by atoms with Crippen molar-refractivity contribution in [3.05, 3.63) is 52.0 Å². The Morgan fingerprint density at radius 1 is 1.38 bits per heavy atom. The summed E-state index contributed by atoms with van der Waals surface area (Å²) < 4.78 is 0. The molecule has 1 unspecified atom stereocenters. The van der Waals surface area contributed by atoms with Crippen LogP contribution in [0.1, 0.15) is 21.9 Å². The molecule has 0 spiro atoms. The van der Waals surface area contributed by atoms with Crippen molar-refractivity contribution in [2.24, 2.45) is 5.73 Å². The lowest BCUT2D eigenvalue weighted by Gasteiger charge is -2.20. The molecule has 1 aromatic heterocycles. The molecule has 5 heteroatoms. The number of aromatic nitrogens is 1. The van der Waals surface area contributed by atoms with Gasteiger partial charge in [0, 0.05) is 18.1 Å². The number of carbonyl (C=O) groups is 1. The van der Waals surface area contributed by atoms with Gasteiger partial charge in [0.25, 0.3) is 0 Å². The van der Waals surface area contributed by atoms with Gasteiger partial charge in [0.1, 0.15) is 0 Å². The molecule has 21 heavy (non-hydrogen) atoms. The molecule has 0 aliphatic rings. The molecule has 0 saturated heterocycles. The van der Waals surface area contributed by atoms with Crippen molar-refractivity contribution >= 4 is 17.2 Å². The number of thiazole rings is 1. The van der Waals surface area contributed by atoms with Crippen molar-refractivity contribution in [2.75, 3.05) is 7.05 Å². The summed E-state index contributed by atoms with van der Waals surface area (Å²) in [5.74, 6) is -0.0167. The van der Waals surface area contributed by atoms with Crippen LogP contribution in [0.4, 0.5) is 0 Å². The molecule has 112 valence electrons. The van der Waals surface area contributed by atoms with Gasteiger partial charge in [-0.25, -0.2) is 4.98 Å². The Hall–Kier alpha value is -1.72. The zero-order chi connectivity index (χ0) is 15.2. The van der Waals surface area contributed by atoms with E-state index in [1.165, 1.54) is 5.56 Å². The molecule has 2 N–H and O–H groups in total. The number of benzene rings is 1. The Kier molecular flexibility index (Phi) is 5.47. The third-order valence-corrected chi connectivity index (χ3v) is 4.24. The van der Waals surface area contributed by atoms with E-state index in [9.17, 15) is 4.79 Å². The van der Waals surface area contributed by atoms with Crippen LogP contribution in [-0.2, 0) is 17.8 Å². The molecule has 0 saturated carbocycles. The minimum absolute atomic E-state index is 0.0167. The largest absolute Gasteiger partial charge is 0.339 e. The number of nitrogens with two attached hydrogens (primary N) is 1. The molecule has 1 aromatic carbocycles. The molecule has 0 aliphatic carbocycles. The minimum atomic E-state index is -0.454. The quantitative estimate of drug-likeness (QED) is 0.891. The van der Waals surface area contributed by atoms with Crippen LogP contribution in [-0.4, -0.2) is 28.9 Å². The Morgan fingerprint density at radius 3 is 2.71 bits per heavy atom. The van der Waals surface area contributed by atoms with Crippen LogP contribution in [0.15, 0.2) is 36.5 Å². The highest BCUT2D eigenvalue weighted by molar-refractivity contribution is 7.11. The average Bonchev–Trinajstić information content (AvgIpc) is 2.90. The number of nitrogens with zero attached hydrogens (tertiary/aromatic N) is 2. The molecule has 0 radical (unpaired) electrons. The number of aryl methyl sites for hydroxylation is 2. The number of hydrogen-bond donors (Lipinski definition) is 1. The van der Waals surface area contributed by atoms with Gasteiger partial charge in [-0.15, -0.1) is 11.3 Å². The van der Waals surface area contributed by atoms with E-state index in [2.05, 4.69) is 17.1 Å². The summed E-state index contributed by atoms with van der Waals surface area (Å²) >= 11 is 1.61. The third-order valence-electron chi connectivity index (χ3n) is 3.34. The number of carbonyl (C=O) groups excluding carboxylic acids is 1. The topological polar surface area (TPSA) is 59.2 Å². The first-order chi connectivity index (χ1) is 10.1. The fraction of sp³-hybridized carbons (Fsp3) is 0.375. The van der Waals surface area contributed by atoms with Gasteiger partial charge in [-0.2, -0.15) is 0 Å². The van der Waals surface area contributed by atoms with Gasteiger partial charge in [0.2, 0.25) is 5.91 Å². The second-order valence-electron chi connectivity index (χ2n) is 5.17. The SMILES string of the molecule is Cc1ncc(CN(C)C(=O)C(N)CCc2ccccc2)s1. The summed E-state index contributed by atoms with van der Waals surface area (Å²) in [4.78, 5) is 19.2. The zero-order valence-corrected chi connectivity index (χ0v) is 13.3. The fourth-order valence-electron chi connectivity index (χ4n) is 2.16. The summed E-state index contributed by atoms with van der Waals surface area (Å²) in [6.07, 6.45) is 3.30. The van der Waals surface area contributed by atoms with E-state index in [1.807, 2.05) is 31.3 Å². The summed E-state index contributed by atoms with van der Waals surface area (Å²) in [5.41, 5.74) is 7.23. The first-order valence-electron chi connectivity index (χ1n) is 7.02. The predicted octanol–water partition coefficient (Wildman–Crippen LogP) is 2.37. The van der Waals surface area contributed by atoms with Crippen LogP contribution in [0, 0.1) is 6.92 Å². The molecular weight excluding hydrogens is 282 g/mol. The molecule has 2 aromatic rings. The summed E-state index contributed by atoms with van der Waals surface area (Å²) in [6.45, 7) is 2.53. The van der Waals surface area contributed by atoms with E-state index in [0.29, 0.717) is 13.0 Å². The smallest absolute Gasteiger partial charge is 0.239 e. The van der Waals surface area contributed by atoms with Crippen LogP contribution >= 0.6 is 11.3 Å². The highest BCUT2D eigenvalue weighted by Gasteiger charge is 2.18. The number of likely N-dealkylation sites (N-methyl/N-ethyl adjacent to an activating group) is 1. The molecule has 1 atom stereocenters. The predicted molar refractivity (Wildman–Crippen MR) is 86.1 cm³/mol. The van der Waals surface area contributed by atoms with Crippen LogP contribution < -0.4 is 5.73 Å². The lowest BCUT2D eigenvalue weighted by molar-refractivity contribution is -0.131. The highest BCUT2D eigenvalue weighted by Crippen LogP contribution is 2.14. The van der Waals surface area contributed by atoms with Crippen molar-refractivity contribution in [1.29, 1.82) is 0 Å². The van der Waals surface area contributed by atoms with E-state index in [1.54, 1.807) is 23.3 Å². The van der Waals surface area contributed by atoms with Gasteiger partial charge in [0.05, 0.1) is 17.6 Å². The monoisotopic (exact) mass is 303 g/mol. The Bertz CT molecular complexity index is 582. The second-order valence-corrected chi connectivity index (χ2v) is 6.49. The van der Waals surface area contributed by atoms with Gasteiger partial charge >= 0.3 is 0 Å². The summed E-state index contributed by atoms with van der Waals surface area (Å²) in [5, 5.41) is 1.01. The standard InChI is InChI=1S/C16H21N3OS/c1-12-18-10-14(21-12)11-19(2)16(20)15(17)9-8-13-6-4-3-5-7-13/h3-7,10,15H,8-9,11,17H2,1-2H3. The first kappa shape index (κ1) is 15.7. The van der Waals surface area contributed by atoms with Gasteiger partial charge in [-0.3, -0.25) is 4.79 Å². The van der Waals surface area contributed by atoms with E-state index in [-0.39, 0.29) is 5.91 Å². The molecule has 1 amide bonds. The second kappa shape index (κ2) is 7.33. The van der Waals surface area contributed by atoms with Crippen molar-refractivity contribution in [3.8, 4) is 0 Å². The molecule has 0 aliphatic heterocycles. The zero-order valence-electron chi connectivity index (χ0n) is 12.5. The Balaban J connectivity index is 1.83. The maximum absolute atomic E-state index is 12.3. The lowest BCUT2D eigenvalue weighted by Crippen LogP contribution is -2.41. The van der Waals surface area contributed by atoms with Gasteiger partial charge in [0.15, 0.2) is 0 Å². The number of rotatable bonds is 6. The molecular formula is C16H21N3OS. The fourth-order valence-corrected chi connectivity index (χ4v) is 3.01. The van der Waals surface area contributed by atoms with Crippen LogP contribution in [0.25, 0.3) is 0 Å². The molecule has 1 heterocycles. The van der Waals surface area contributed by atoms with Crippen LogP contribution in [0.2, 0.25) is 0 Å². The summed E-state index contributed by atoms with van der Waals surface area (Å²) in [6, 6.07) is 9.65. The molecule has 0 fully saturated rings. The normalized spacial score (nSPS) is 12.1. The molecule has 4 nitrogen and oxygen atoms in total. The summed E-state index contributed by atoms with van der Waals surface area (Å²) in [7, 11) is 1.79. The average molecular weight is 303 g/mol. The van der Waals surface area contributed by atoms with Gasteiger partial charge in [-0.05, 0) is 25.3 Å². The van der Waals surface area contributed by atoms with Crippen LogP contribution in [0.3, 0.4) is 0 Å². The lowest BCUT2D eigenvalue weighted by atomic mass is 10.1. The highest BCUT2D eigenvalue weighted by atomic mass is 32.1. The van der Waals surface area contributed by atoms with E-state index >= 15 is 0 Å². The van der Waals surface area contributed by atoms with E-state index < -0.39 is 6.04 Å². The van der Waals surface area contributed by atoms with Crippen molar-refractivity contribution in [2.45, 2.75) is 32.4 Å². The number of amides is 1. The Morgan fingerprint density at radius 2 is 2.10 bits per heavy atom.